The fraction of sp³-hybridized carbons (Fsp3) is 0.680. The molecular weight excluding hydrogens is 405 g/mol. The number of carbonyl (C=O) groups is 2. The highest BCUT2D eigenvalue weighted by atomic mass is 16.7. The van der Waals surface area contributed by atoms with E-state index in [1.54, 1.807) is 0 Å². The van der Waals surface area contributed by atoms with Crippen molar-refractivity contribution in [3.63, 3.8) is 0 Å². The molecule has 174 valence electrons. The van der Waals surface area contributed by atoms with Crippen molar-refractivity contribution < 1.29 is 28.0 Å². The number of hydrogen-bond donors (Lipinski definition) is 0. The molecule has 5 rings (SSSR count). The van der Waals surface area contributed by atoms with Crippen molar-refractivity contribution in [1.82, 2.24) is 0 Å². The number of rotatable bonds is 7. The molecule has 0 amide bonds. The predicted molar refractivity (Wildman–Crippen MR) is 121 cm³/mol. The average molecular weight is 441 g/mol. The lowest BCUT2D eigenvalue weighted by Crippen LogP contribution is -2.70. The van der Waals surface area contributed by atoms with E-state index in [4.69, 9.17) is 14.0 Å². The van der Waals surface area contributed by atoms with E-state index in [2.05, 4.69) is 19.1 Å². The molecule has 0 radical (unpaired) electrons. The molecule has 4 fully saturated rings. The first-order valence-corrected chi connectivity index (χ1v) is 12.6. The Labute approximate surface area is 191 Å². The summed E-state index contributed by atoms with van der Waals surface area (Å²) in [5.74, 6) is 0.221. The second-order valence-corrected chi connectivity index (χ2v) is 10.7. The summed E-state index contributed by atoms with van der Waals surface area (Å²) in [5.41, 5.74) is 1.14. The van der Waals surface area contributed by atoms with Crippen LogP contribution in [0.25, 0.3) is 0 Å². The molecule has 32 heavy (non-hydrogen) atoms. The van der Waals surface area contributed by atoms with Crippen molar-refractivity contribution in [2.75, 3.05) is 13.1 Å². The number of hydrogen-bond acceptors (Lipinski definition) is 5. The monoisotopic (exact) mass is 441 g/mol. The van der Waals surface area contributed by atoms with Gasteiger partial charge in [-0.1, -0.05) is 75.8 Å². The van der Waals surface area contributed by atoms with Gasteiger partial charge in [0.1, 0.15) is 19.2 Å². The quantitative estimate of drug-likeness (QED) is 0.589. The fourth-order valence-corrected chi connectivity index (χ4v) is 7.30. The molecule has 2 heterocycles. The molecule has 0 bridgehead atoms. The maximum atomic E-state index is 12.8. The minimum atomic E-state index is -2.06. The van der Waals surface area contributed by atoms with Crippen LogP contribution < -0.4 is 0 Å². The summed E-state index contributed by atoms with van der Waals surface area (Å²) >= 11 is 0. The molecule has 2 aliphatic heterocycles. The Kier molecular flexibility index (Phi) is 6.06. The molecular formula is C25H36BNO5. The van der Waals surface area contributed by atoms with Crippen LogP contribution in [-0.4, -0.2) is 48.3 Å². The van der Waals surface area contributed by atoms with Crippen molar-refractivity contribution in [1.29, 1.82) is 0 Å². The van der Waals surface area contributed by atoms with Crippen LogP contribution in [0.4, 0.5) is 0 Å². The minimum absolute atomic E-state index is 0.00216. The predicted octanol–water partition coefficient (Wildman–Crippen LogP) is 4.35. The van der Waals surface area contributed by atoms with Gasteiger partial charge in [0.05, 0.1) is 12.6 Å². The SMILES string of the molecule is C[C@@H](CC1CCCCC1)[B-]12OC(=O)C[N+]1(C1CCC[C@@H]1OCc1ccccc1)CC(=O)O2. The van der Waals surface area contributed by atoms with Gasteiger partial charge in [-0.05, 0) is 36.6 Å². The Morgan fingerprint density at radius 3 is 2.34 bits per heavy atom. The summed E-state index contributed by atoms with van der Waals surface area (Å²) < 4.78 is 18.9. The minimum Gasteiger partial charge on any atom is -0.600 e. The van der Waals surface area contributed by atoms with Crippen LogP contribution in [0.15, 0.2) is 30.3 Å². The van der Waals surface area contributed by atoms with Crippen LogP contribution in [0.1, 0.15) is 70.3 Å². The van der Waals surface area contributed by atoms with Crippen LogP contribution in [0, 0.1) is 5.92 Å². The first-order chi connectivity index (χ1) is 15.5. The van der Waals surface area contributed by atoms with E-state index in [9.17, 15) is 9.59 Å². The number of benzene rings is 1. The van der Waals surface area contributed by atoms with E-state index in [0.717, 1.165) is 31.2 Å². The van der Waals surface area contributed by atoms with Gasteiger partial charge >= 0.3 is 18.6 Å². The number of nitrogens with zero attached hydrogens (tertiary/aromatic N) is 1. The first kappa shape index (κ1) is 22.0. The van der Waals surface area contributed by atoms with Gasteiger partial charge in [0.2, 0.25) is 0 Å². The second kappa shape index (κ2) is 8.83. The van der Waals surface area contributed by atoms with Gasteiger partial charge in [-0.25, -0.2) is 0 Å². The Balaban J connectivity index is 1.40. The third-order valence-corrected chi connectivity index (χ3v) is 8.70. The van der Waals surface area contributed by atoms with E-state index in [-0.39, 0.29) is 43.0 Å². The first-order valence-electron chi connectivity index (χ1n) is 12.6. The highest BCUT2D eigenvalue weighted by Crippen LogP contribution is 2.51. The zero-order chi connectivity index (χ0) is 22.2. The molecule has 1 aromatic rings. The van der Waals surface area contributed by atoms with E-state index in [0.29, 0.717) is 16.9 Å². The fourth-order valence-electron chi connectivity index (χ4n) is 7.30. The van der Waals surface area contributed by atoms with E-state index in [1.807, 2.05) is 18.2 Å². The van der Waals surface area contributed by atoms with Gasteiger partial charge < -0.3 is 18.4 Å². The maximum absolute atomic E-state index is 12.8. The van der Waals surface area contributed by atoms with Crippen LogP contribution >= 0.6 is 0 Å². The Morgan fingerprint density at radius 1 is 0.969 bits per heavy atom. The average Bonchev–Trinajstić information content (AvgIpc) is 3.44. The van der Waals surface area contributed by atoms with Crippen LogP contribution in [-0.2, 0) is 30.2 Å². The summed E-state index contributed by atoms with van der Waals surface area (Å²) in [7, 11) is 0. The van der Waals surface area contributed by atoms with Crippen LogP contribution in [0.2, 0.25) is 5.82 Å². The molecule has 2 saturated carbocycles. The molecule has 7 heteroatoms. The lowest BCUT2D eigenvalue weighted by Gasteiger charge is -2.52. The molecule has 6 nitrogen and oxygen atoms in total. The van der Waals surface area contributed by atoms with E-state index in [1.165, 1.54) is 32.1 Å². The second-order valence-electron chi connectivity index (χ2n) is 10.7. The molecule has 0 spiro atoms. The van der Waals surface area contributed by atoms with Gasteiger partial charge in [0.25, 0.3) is 0 Å². The topological polar surface area (TPSA) is 61.8 Å². The smallest absolute Gasteiger partial charge is 0.587 e. The summed E-state index contributed by atoms with van der Waals surface area (Å²) in [5, 5.41) is 0. The van der Waals surface area contributed by atoms with Crippen molar-refractivity contribution >= 4 is 18.6 Å². The molecule has 0 N–H and O–H groups in total. The lowest BCUT2D eigenvalue weighted by molar-refractivity contribution is -0.846. The number of ether oxygens (including phenoxy) is 1. The van der Waals surface area contributed by atoms with Crippen molar-refractivity contribution in [2.45, 2.75) is 89.3 Å². The molecule has 0 aromatic heterocycles. The van der Waals surface area contributed by atoms with E-state index < -0.39 is 6.69 Å². The van der Waals surface area contributed by atoms with Crippen LogP contribution in [0.3, 0.4) is 0 Å². The zero-order valence-electron chi connectivity index (χ0n) is 19.2. The largest absolute Gasteiger partial charge is 0.600 e. The maximum Gasteiger partial charge on any atom is 0.587 e. The van der Waals surface area contributed by atoms with Crippen molar-refractivity contribution in [3.8, 4) is 0 Å². The Bertz CT molecular complexity index is 820. The molecule has 3 atom stereocenters. The Hall–Kier alpha value is -1.86. The van der Waals surface area contributed by atoms with Crippen LogP contribution in [0.5, 0.6) is 0 Å². The van der Waals surface area contributed by atoms with Gasteiger partial charge in [0.15, 0.2) is 0 Å². The molecule has 1 unspecified atom stereocenters. The lowest BCUT2D eigenvalue weighted by atomic mass is 9.52. The molecule has 1 aromatic carbocycles. The van der Waals surface area contributed by atoms with Gasteiger partial charge in [0, 0.05) is 0 Å². The third-order valence-electron chi connectivity index (χ3n) is 8.70. The zero-order valence-corrected chi connectivity index (χ0v) is 19.2. The number of carbonyl (C=O) groups excluding carboxylic acids is 2. The van der Waals surface area contributed by atoms with Gasteiger partial charge in [-0.3, -0.25) is 9.59 Å². The normalized spacial score (nSPS) is 36.0. The standard InChI is InChI=1S/C25H36BNO5/c1-19(15-20-9-4-2-5-10-20)26-27(16-24(28)31-26,17-25(29)32-26)22-13-8-14-23(22)30-18-21-11-6-3-7-12-21/h3,6-7,11-12,19-20,22-23H,2,4-5,8-10,13-18H2,1H3/t19-,22?,23-,26?,27?/m0/s1. The summed E-state index contributed by atoms with van der Waals surface area (Å²) in [6.45, 7) is 1.10. The summed E-state index contributed by atoms with van der Waals surface area (Å²) in [6.07, 6.45) is 10.2. The molecule has 2 aliphatic carbocycles. The van der Waals surface area contributed by atoms with E-state index >= 15 is 0 Å². The highest BCUT2D eigenvalue weighted by Gasteiger charge is 2.72. The van der Waals surface area contributed by atoms with Crippen molar-refractivity contribution in [3.05, 3.63) is 35.9 Å². The third kappa shape index (κ3) is 3.77. The van der Waals surface area contributed by atoms with Gasteiger partial charge in [-0.15, -0.1) is 0 Å². The summed E-state index contributed by atoms with van der Waals surface area (Å²) in [4.78, 5) is 25.5. The molecule has 2 saturated heterocycles. The molecule has 4 aliphatic rings. The van der Waals surface area contributed by atoms with Gasteiger partial charge in [-0.2, -0.15) is 0 Å². The number of quaternary nitrogens is 1. The van der Waals surface area contributed by atoms with Crippen molar-refractivity contribution in [2.24, 2.45) is 5.92 Å². The summed E-state index contributed by atoms with van der Waals surface area (Å²) in [6, 6.07) is 10.3. The highest BCUT2D eigenvalue weighted by molar-refractivity contribution is 6.67. The number of fused-ring (bicyclic) bond motifs is 1. The Morgan fingerprint density at radius 2 is 1.66 bits per heavy atom.